The Bertz CT molecular complexity index is 622. The highest BCUT2D eigenvalue weighted by Gasteiger charge is 2.05. The third kappa shape index (κ3) is 7.01. The van der Waals surface area contributed by atoms with E-state index in [1.807, 2.05) is 24.4 Å². The van der Waals surface area contributed by atoms with Crippen molar-refractivity contribution in [2.75, 3.05) is 13.1 Å². The zero-order valence-corrected chi connectivity index (χ0v) is 17.6. The Balaban J connectivity index is 0.00000312. The summed E-state index contributed by atoms with van der Waals surface area (Å²) in [5, 5.41) is 11.0. The molecule has 25 heavy (non-hydrogen) atoms. The van der Waals surface area contributed by atoms with Crippen molar-refractivity contribution in [3.05, 3.63) is 42.4 Å². The van der Waals surface area contributed by atoms with Gasteiger partial charge in [0.05, 0.1) is 6.54 Å². The van der Waals surface area contributed by atoms with E-state index in [1.165, 1.54) is 12.8 Å². The lowest BCUT2D eigenvalue weighted by molar-refractivity contribution is 0.481. The third-order valence-corrected chi connectivity index (χ3v) is 4.03. The van der Waals surface area contributed by atoms with Gasteiger partial charge in [0.2, 0.25) is 0 Å². The molecule has 6 nitrogen and oxygen atoms in total. The fraction of sp³-hybridized carbons (Fsp3) is 0.500. The van der Waals surface area contributed by atoms with Crippen LogP contribution >= 0.6 is 24.0 Å². The molecule has 0 aliphatic carbocycles. The van der Waals surface area contributed by atoms with Gasteiger partial charge in [-0.1, -0.05) is 26.7 Å². The van der Waals surface area contributed by atoms with Crippen LogP contribution in [0.1, 0.15) is 39.2 Å². The molecule has 0 amide bonds. The first kappa shape index (κ1) is 21.4. The lowest BCUT2D eigenvalue weighted by Gasteiger charge is -2.16. The highest BCUT2D eigenvalue weighted by Crippen LogP contribution is 2.08. The van der Waals surface area contributed by atoms with Crippen molar-refractivity contribution in [3.8, 4) is 5.82 Å². The maximum absolute atomic E-state index is 4.68. The minimum Gasteiger partial charge on any atom is -0.357 e. The van der Waals surface area contributed by atoms with Gasteiger partial charge in [-0.05, 0) is 36.6 Å². The number of pyridine rings is 1. The van der Waals surface area contributed by atoms with Gasteiger partial charge in [0, 0.05) is 31.7 Å². The van der Waals surface area contributed by atoms with Crippen LogP contribution in [0.25, 0.3) is 5.82 Å². The Kier molecular flexibility index (Phi) is 10.1. The van der Waals surface area contributed by atoms with Crippen LogP contribution in [-0.2, 0) is 6.54 Å². The molecule has 0 unspecified atom stereocenters. The highest BCUT2D eigenvalue weighted by atomic mass is 127. The van der Waals surface area contributed by atoms with E-state index in [9.17, 15) is 0 Å². The molecule has 0 aliphatic heterocycles. The summed E-state index contributed by atoms with van der Waals surface area (Å²) in [6, 6.07) is 5.89. The molecule has 2 rings (SSSR count). The molecule has 0 aromatic carbocycles. The van der Waals surface area contributed by atoms with E-state index >= 15 is 0 Å². The van der Waals surface area contributed by atoms with E-state index in [1.54, 1.807) is 17.1 Å². The first-order chi connectivity index (χ1) is 11.8. The van der Waals surface area contributed by atoms with Crippen LogP contribution in [0.2, 0.25) is 0 Å². The predicted octanol–water partition coefficient (Wildman–Crippen LogP) is 3.38. The molecule has 0 aliphatic rings. The van der Waals surface area contributed by atoms with Crippen molar-refractivity contribution in [2.24, 2.45) is 10.9 Å². The van der Waals surface area contributed by atoms with Gasteiger partial charge < -0.3 is 10.6 Å². The van der Waals surface area contributed by atoms with Crippen LogP contribution < -0.4 is 10.6 Å². The van der Waals surface area contributed by atoms with Crippen LogP contribution in [0, 0.1) is 5.92 Å². The van der Waals surface area contributed by atoms with Crippen LogP contribution in [0.3, 0.4) is 0 Å². The molecule has 0 fully saturated rings. The Hall–Kier alpha value is -1.64. The fourth-order valence-corrected chi connectivity index (χ4v) is 2.42. The van der Waals surface area contributed by atoms with Crippen LogP contribution in [0.15, 0.2) is 41.8 Å². The first-order valence-corrected chi connectivity index (χ1v) is 8.73. The molecular weight excluding hydrogens is 427 g/mol. The van der Waals surface area contributed by atoms with Gasteiger partial charge in [-0.2, -0.15) is 5.10 Å². The lowest BCUT2D eigenvalue weighted by atomic mass is 10.0. The summed E-state index contributed by atoms with van der Waals surface area (Å²) in [4.78, 5) is 9.03. The lowest BCUT2D eigenvalue weighted by Crippen LogP contribution is -2.39. The second-order valence-electron chi connectivity index (χ2n) is 5.73. The minimum atomic E-state index is 0. The molecule has 0 radical (unpaired) electrons. The molecule has 0 atom stereocenters. The van der Waals surface area contributed by atoms with Crippen LogP contribution in [0.4, 0.5) is 0 Å². The number of hydrogen-bond acceptors (Lipinski definition) is 3. The summed E-state index contributed by atoms with van der Waals surface area (Å²) in [6.07, 6.45) is 7.79. The number of rotatable bonds is 8. The minimum absolute atomic E-state index is 0. The Labute approximate surface area is 167 Å². The summed E-state index contributed by atoms with van der Waals surface area (Å²) in [5.74, 6) is 2.35. The molecule has 2 N–H and O–H groups in total. The summed E-state index contributed by atoms with van der Waals surface area (Å²) >= 11 is 0. The smallest absolute Gasteiger partial charge is 0.191 e. The highest BCUT2D eigenvalue weighted by molar-refractivity contribution is 14.0. The van der Waals surface area contributed by atoms with E-state index in [0.29, 0.717) is 12.5 Å². The van der Waals surface area contributed by atoms with Gasteiger partial charge in [0.1, 0.15) is 0 Å². The average molecular weight is 456 g/mol. The molecule has 2 aromatic heterocycles. The number of aliphatic imine (C=N–C) groups is 1. The van der Waals surface area contributed by atoms with Crippen molar-refractivity contribution >= 4 is 29.9 Å². The second kappa shape index (κ2) is 11.8. The molecule has 138 valence electrons. The molecule has 2 heterocycles. The SMILES string of the molecule is CCNC(=NCc1ccnc(-n2cccn2)c1)NCC(CC)CC.I. The Morgan fingerprint density at radius 3 is 2.64 bits per heavy atom. The van der Waals surface area contributed by atoms with E-state index in [4.69, 9.17) is 0 Å². The Morgan fingerprint density at radius 1 is 1.20 bits per heavy atom. The molecule has 0 bridgehead atoms. The first-order valence-electron chi connectivity index (χ1n) is 8.73. The van der Waals surface area contributed by atoms with E-state index in [2.05, 4.69) is 46.5 Å². The maximum Gasteiger partial charge on any atom is 0.191 e. The zero-order valence-electron chi connectivity index (χ0n) is 15.3. The summed E-state index contributed by atoms with van der Waals surface area (Å²) < 4.78 is 1.75. The normalized spacial score (nSPS) is 11.3. The van der Waals surface area contributed by atoms with Gasteiger partial charge in [-0.25, -0.2) is 14.7 Å². The topological polar surface area (TPSA) is 67.1 Å². The molecule has 0 spiro atoms. The quantitative estimate of drug-likeness (QED) is 0.363. The number of nitrogens with zero attached hydrogens (tertiary/aromatic N) is 4. The van der Waals surface area contributed by atoms with Gasteiger partial charge in [0.15, 0.2) is 11.8 Å². The number of guanidine groups is 1. The Morgan fingerprint density at radius 2 is 2.00 bits per heavy atom. The summed E-state index contributed by atoms with van der Waals surface area (Å²) in [5.41, 5.74) is 1.11. The van der Waals surface area contributed by atoms with E-state index in [-0.39, 0.29) is 24.0 Å². The molecule has 0 saturated heterocycles. The maximum atomic E-state index is 4.68. The number of aromatic nitrogens is 3. The van der Waals surface area contributed by atoms with Gasteiger partial charge >= 0.3 is 0 Å². The standard InChI is InChI=1S/C18H28N6.HI/c1-4-15(5-2)13-21-18(19-6-3)22-14-16-8-10-20-17(12-16)24-11-7-9-23-24;/h7-12,15H,4-6,13-14H2,1-3H3,(H2,19,21,22);1H. The fourth-order valence-electron chi connectivity index (χ4n) is 2.42. The number of nitrogens with one attached hydrogen (secondary N) is 2. The molecule has 7 heteroatoms. The average Bonchev–Trinajstić information content (AvgIpc) is 3.15. The zero-order chi connectivity index (χ0) is 17.2. The number of halogens is 1. The number of hydrogen-bond donors (Lipinski definition) is 2. The van der Waals surface area contributed by atoms with E-state index < -0.39 is 0 Å². The summed E-state index contributed by atoms with van der Waals surface area (Å²) in [6.45, 7) is 8.95. The molecule has 2 aromatic rings. The van der Waals surface area contributed by atoms with Crippen molar-refractivity contribution in [1.29, 1.82) is 0 Å². The van der Waals surface area contributed by atoms with E-state index in [0.717, 1.165) is 30.4 Å². The summed E-state index contributed by atoms with van der Waals surface area (Å²) in [7, 11) is 0. The van der Waals surface area contributed by atoms with Gasteiger partial charge in [0.25, 0.3) is 0 Å². The molecular formula is C18H29IN6. The second-order valence-corrected chi connectivity index (χ2v) is 5.73. The van der Waals surface area contributed by atoms with Crippen molar-refractivity contribution in [2.45, 2.75) is 40.2 Å². The molecule has 0 saturated carbocycles. The third-order valence-electron chi connectivity index (χ3n) is 4.03. The van der Waals surface area contributed by atoms with Crippen molar-refractivity contribution in [3.63, 3.8) is 0 Å². The largest absolute Gasteiger partial charge is 0.357 e. The monoisotopic (exact) mass is 456 g/mol. The van der Waals surface area contributed by atoms with Crippen LogP contribution in [-0.4, -0.2) is 33.8 Å². The van der Waals surface area contributed by atoms with Gasteiger partial charge in [-0.3, -0.25) is 0 Å². The van der Waals surface area contributed by atoms with Crippen molar-refractivity contribution < 1.29 is 0 Å². The van der Waals surface area contributed by atoms with Gasteiger partial charge in [-0.15, -0.1) is 24.0 Å². The predicted molar refractivity (Wildman–Crippen MR) is 114 cm³/mol. The van der Waals surface area contributed by atoms with Crippen molar-refractivity contribution in [1.82, 2.24) is 25.4 Å². The van der Waals surface area contributed by atoms with Crippen LogP contribution in [0.5, 0.6) is 0 Å².